The summed E-state index contributed by atoms with van der Waals surface area (Å²) in [5.74, 6) is 0.339. The van der Waals surface area contributed by atoms with Crippen LogP contribution in [0.25, 0.3) is 0 Å². The van der Waals surface area contributed by atoms with E-state index < -0.39 is 0 Å². The molecule has 0 amide bonds. The molecule has 2 N–H and O–H groups in total. The maximum atomic E-state index is 10.6. The van der Waals surface area contributed by atoms with Gasteiger partial charge in [-0.15, -0.1) is 0 Å². The van der Waals surface area contributed by atoms with Gasteiger partial charge in [0.15, 0.2) is 0 Å². The van der Waals surface area contributed by atoms with Gasteiger partial charge in [0, 0.05) is 47.3 Å². The number of phenols is 1. The quantitative estimate of drug-likeness (QED) is 0.669. The molecule has 29 heavy (non-hydrogen) atoms. The summed E-state index contributed by atoms with van der Waals surface area (Å²) in [4.78, 5) is 7.80. The number of phenolic OH excluding ortho intramolecular Hbond substituents is 1. The lowest BCUT2D eigenvalue weighted by molar-refractivity contribution is 0.103. The number of aromatic hydroxyl groups is 1. The van der Waals surface area contributed by atoms with Crippen molar-refractivity contribution in [1.82, 2.24) is 10.2 Å². The average Bonchev–Trinajstić information content (AvgIpc) is 2.70. The van der Waals surface area contributed by atoms with E-state index in [0.717, 1.165) is 48.1 Å². The van der Waals surface area contributed by atoms with Crippen molar-refractivity contribution in [2.75, 3.05) is 13.1 Å². The largest absolute Gasteiger partial charge is 0.508 e. The van der Waals surface area contributed by atoms with E-state index in [1.54, 1.807) is 6.07 Å². The standard InChI is InChI=1S/C24H30BrN3O/c1-16(2)28-12-10-24(11-13-28)26-21(18-6-4-17(3)5-7-18)15-22(27-24)20-14-19(25)8-9-23(20)29/h4-9,14,16,22,27,29H,10-13,15H2,1-3H3. The first kappa shape index (κ1) is 20.6. The smallest absolute Gasteiger partial charge is 0.120 e. The number of hydrogen-bond donors (Lipinski definition) is 2. The van der Waals surface area contributed by atoms with Crippen molar-refractivity contribution in [3.63, 3.8) is 0 Å². The van der Waals surface area contributed by atoms with Gasteiger partial charge in [0.25, 0.3) is 0 Å². The molecule has 1 spiro atoms. The van der Waals surface area contributed by atoms with E-state index >= 15 is 0 Å². The third kappa shape index (κ3) is 4.42. The van der Waals surface area contributed by atoms with Gasteiger partial charge in [0.2, 0.25) is 0 Å². The number of piperidine rings is 1. The first-order valence-corrected chi connectivity index (χ1v) is 11.3. The third-order valence-electron chi connectivity index (χ3n) is 6.29. The lowest BCUT2D eigenvalue weighted by atomic mass is 9.87. The highest BCUT2D eigenvalue weighted by Gasteiger charge is 2.40. The molecule has 2 aliphatic rings. The Bertz CT molecular complexity index is 899. The summed E-state index contributed by atoms with van der Waals surface area (Å²) in [5.41, 5.74) is 4.23. The van der Waals surface area contributed by atoms with Crippen molar-refractivity contribution >= 4 is 21.6 Å². The third-order valence-corrected chi connectivity index (χ3v) is 6.79. The second-order valence-electron chi connectivity index (χ2n) is 8.69. The molecule has 0 aromatic heterocycles. The Morgan fingerprint density at radius 3 is 2.48 bits per heavy atom. The lowest BCUT2D eigenvalue weighted by Crippen LogP contribution is -2.56. The van der Waals surface area contributed by atoms with Gasteiger partial charge in [0.05, 0.1) is 0 Å². The minimum Gasteiger partial charge on any atom is -0.508 e. The van der Waals surface area contributed by atoms with Crippen LogP contribution >= 0.6 is 15.9 Å². The number of hydrogen-bond acceptors (Lipinski definition) is 4. The van der Waals surface area contributed by atoms with E-state index in [2.05, 4.69) is 71.2 Å². The Hall–Kier alpha value is -1.69. The lowest BCUT2D eigenvalue weighted by Gasteiger charge is -2.46. The fraction of sp³-hybridized carbons (Fsp3) is 0.458. The molecule has 1 saturated heterocycles. The van der Waals surface area contributed by atoms with E-state index in [1.165, 1.54) is 11.1 Å². The molecule has 0 radical (unpaired) electrons. The summed E-state index contributed by atoms with van der Waals surface area (Å²) < 4.78 is 0.982. The van der Waals surface area contributed by atoms with Gasteiger partial charge in [-0.2, -0.15) is 0 Å². The van der Waals surface area contributed by atoms with Crippen LogP contribution in [0.2, 0.25) is 0 Å². The Labute approximate surface area is 182 Å². The van der Waals surface area contributed by atoms with Crippen molar-refractivity contribution < 1.29 is 5.11 Å². The van der Waals surface area contributed by atoms with Crippen LogP contribution in [0.15, 0.2) is 51.9 Å². The van der Waals surface area contributed by atoms with Gasteiger partial charge in [-0.25, -0.2) is 0 Å². The van der Waals surface area contributed by atoms with Crippen molar-refractivity contribution in [3.05, 3.63) is 63.6 Å². The Morgan fingerprint density at radius 2 is 1.83 bits per heavy atom. The number of nitrogens with one attached hydrogen (secondary N) is 1. The van der Waals surface area contributed by atoms with E-state index in [0.29, 0.717) is 11.8 Å². The first-order valence-electron chi connectivity index (χ1n) is 10.5. The monoisotopic (exact) mass is 455 g/mol. The molecule has 2 aliphatic heterocycles. The van der Waals surface area contributed by atoms with Crippen LogP contribution < -0.4 is 5.32 Å². The van der Waals surface area contributed by atoms with Gasteiger partial charge < -0.3 is 10.0 Å². The van der Waals surface area contributed by atoms with Crippen LogP contribution in [-0.4, -0.2) is 40.5 Å². The molecule has 2 aromatic carbocycles. The van der Waals surface area contributed by atoms with E-state index in [-0.39, 0.29) is 11.7 Å². The highest BCUT2D eigenvalue weighted by Crippen LogP contribution is 2.38. The molecule has 0 aliphatic carbocycles. The summed E-state index contributed by atoms with van der Waals surface area (Å²) in [6.45, 7) is 8.70. The molecular weight excluding hydrogens is 426 g/mol. The highest BCUT2D eigenvalue weighted by atomic mass is 79.9. The highest BCUT2D eigenvalue weighted by molar-refractivity contribution is 9.10. The van der Waals surface area contributed by atoms with Gasteiger partial charge in [-0.3, -0.25) is 10.3 Å². The predicted octanol–water partition coefficient (Wildman–Crippen LogP) is 5.19. The second kappa shape index (κ2) is 8.21. The minimum absolute atomic E-state index is 0.0342. The van der Waals surface area contributed by atoms with Gasteiger partial charge in [0.1, 0.15) is 11.4 Å². The number of nitrogens with zero attached hydrogens (tertiary/aromatic N) is 2. The predicted molar refractivity (Wildman–Crippen MR) is 123 cm³/mol. The van der Waals surface area contributed by atoms with E-state index in [9.17, 15) is 5.11 Å². The number of benzene rings is 2. The zero-order chi connectivity index (χ0) is 20.6. The van der Waals surface area contributed by atoms with Crippen molar-refractivity contribution in [2.45, 2.75) is 57.8 Å². The van der Waals surface area contributed by atoms with Crippen LogP contribution in [0, 0.1) is 6.92 Å². The molecule has 5 heteroatoms. The van der Waals surface area contributed by atoms with Gasteiger partial charge >= 0.3 is 0 Å². The molecule has 2 aromatic rings. The maximum absolute atomic E-state index is 10.6. The molecule has 4 nitrogen and oxygen atoms in total. The summed E-state index contributed by atoms with van der Waals surface area (Å²) in [6.07, 6.45) is 2.72. The van der Waals surface area contributed by atoms with Crippen LogP contribution in [0.1, 0.15) is 55.8 Å². The molecule has 2 heterocycles. The molecule has 154 valence electrons. The molecule has 1 unspecified atom stereocenters. The fourth-order valence-electron chi connectivity index (χ4n) is 4.49. The Morgan fingerprint density at radius 1 is 1.14 bits per heavy atom. The minimum atomic E-state index is -0.275. The normalized spacial score (nSPS) is 22.1. The first-order chi connectivity index (χ1) is 13.8. The second-order valence-corrected chi connectivity index (χ2v) is 9.61. The number of likely N-dealkylation sites (tertiary alicyclic amines) is 1. The zero-order valence-corrected chi connectivity index (χ0v) is 19.0. The van der Waals surface area contributed by atoms with Crippen LogP contribution in [0.4, 0.5) is 0 Å². The van der Waals surface area contributed by atoms with Gasteiger partial charge in [-0.05, 0) is 57.4 Å². The molecular formula is C24H30BrN3O. The molecule has 4 rings (SSSR count). The van der Waals surface area contributed by atoms with Crippen LogP contribution in [0.3, 0.4) is 0 Å². The van der Waals surface area contributed by atoms with Crippen molar-refractivity contribution in [2.24, 2.45) is 4.99 Å². The zero-order valence-electron chi connectivity index (χ0n) is 17.5. The average molecular weight is 456 g/mol. The molecule has 1 atom stereocenters. The van der Waals surface area contributed by atoms with Crippen LogP contribution in [-0.2, 0) is 0 Å². The van der Waals surface area contributed by atoms with Crippen molar-refractivity contribution in [1.29, 1.82) is 0 Å². The molecule has 0 saturated carbocycles. The van der Waals surface area contributed by atoms with E-state index in [4.69, 9.17) is 4.99 Å². The number of aryl methyl sites for hydroxylation is 1. The van der Waals surface area contributed by atoms with Crippen molar-refractivity contribution in [3.8, 4) is 5.75 Å². The SMILES string of the molecule is Cc1ccc(C2=NC3(CCN(C(C)C)CC3)NC(c3cc(Br)ccc3O)C2)cc1. The number of halogens is 1. The maximum Gasteiger partial charge on any atom is 0.120 e. The summed E-state index contributed by atoms with van der Waals surface area (Å²) in [5, 5.41) is 14.4. The Kier molecular flexibility index (Phi) is 5.83. The van der Waals surface area contributed by atoms with Gasteiger partial charge in [-0.1, -0.05) is 45.8 Å². The number of rotatable bonds is 3. The molecule has 0 bridgehead atoms. The van der Waals surface area contributed by atoms with E-state index in [1.807, 2.05) is 12.1 Å². The summed E-state index contributed by atoms with van der Waals surface area (Å²) >= 11 is 3.57. The van der Waals surface area contributed by atoms with Crippen LogP contribution in [0.5, 0.6) is 5.75 Å². The molecule has 1 fully saturated rings. The Balaban J connectivity index is 1.71. The topological polar surface area (TPSA) is 47.9 Å². The summed E-state index contributed by atoms with van der Waals surface area (Å²) in [6, 6.07) is 14.9. The fourth-order valence-corrected chi connectivity index (χ4v) is 4.87. The summed E-state index contributed by atoms with van der Waals surface area (Å²) in [7, 11) is 0. The number of aliphatic imine (C=N–C) groups is 1.